The molecule has 28 heavy (non-hydrogen) atoms. The van der Waals surface area contributed by atoms with Gasteiger partial charge in [-0.1, -0.05) is 29.8 Å². The smallest absolute Gasteiger partial charge is 0.332 e. The number of urea groups is 1. The van der Waals surface area contributed by atoms with E-state index in [-0.39, 0.29) is 18.4 Å². The highest BCUT2D eigenvalue weighted by molar-refractivity contribution is 7.09. The molecule has 4 amide bonds. The molecule has 0 aliphatic carbocycles. The zero-order valence-electron chi connectivity index (χ0n) is 16.0. The van der Waals surface area contributed by atoms with E-state index in [0.29, 0.717) is 18.8 Å². The summed E-state index contributed by atoms with van der Waals surface area (Å²) in [7, 11) is 0. The maximum atomic E-state index is 12.9. The largest absolute Gasteiger partial charge is 0.332 e. The second kappa shape index (κ2) is 8.39. The van der Waals surface area contributed by atoms with Crippen LogP contribution < -0.4 is 4.90 Å². The number of benzene rings is 1. The summed E-state index contributed by atoms with van der Waals surface area (Å²) in [5.74, 6) is -0.651. The van der Waals surface area contributed by atoms with Crippen molar-refractivity contribution < 1.29 is 14.4 Å². The Bertz CT molecular complexity index is 877. The number of carbonyl (C=O) groups is 3. The van der Waals surface area contributed by atoms with E-state index in [4.69, 9.17) is 0 Å². The molecule has 146 valence electrons. The molecule has 0 spiro atoms. The van der Waals surface area contributed by atoms with Gasteiger partial charge >= 0.3 is 6.03 Å². The lowest BCUT2D eigenvalue weighted by atomic mass is 10.2. The molecule has 0 radical (unpaired) electrons. The normalized spacial score (nSPS) is 16.6. The fourth-order valence-corrected chi connectivity index (χ4v) is 3.87. The Morgan fingerprint density at radius 2 is 1.96 bits per heavy atom. The molecular formula is C21H23N3O3S. The minimum atomic E-state index is -0.645. The molecule has 0 saturated carbocycles. The van der Waals surface area contributed by atoms with Crippen LogP contribution in [0, 0.1) is 6.92 Å². The molecule has 2 aromatic rings. The number of hydrogen-bond acceptors (Lipinski definition) is 4. The summed E-state index contributed by atoms with van der Waals surface area (Å²) >= 11 is 1.55. The van der Waals surface area contributed by atoms with E-state index in [9.17, 15) is 14.4 Å². The van der Waals surface area contributed by atoms with Crippen molar-refractivity contribution >= 4 is 34.9 Å². The van der Waals surface area contributed by atoms with Crippen molar-refractivity contribution in [3.05, 3.63) is 64.9 Å². The Hall–Kier alpha value is -2.93. The Kier molecular flexibility index (Phi) is 5.94. The third-order valence-corrected chi connectivity index (χ3v) is 5.54. The van der Waals surface area contributed by atoms with Crippen LogP contribution in [0.2, 0.25) is 0 Å². The first-order chi connectivity index (χ1) is 13.4. The summed E-state index contributed by atoms with van der Waals surface area (Å²) in [5, 5.41) is 1.94. The van der Waals surface area contributed by atoms with Crippen molar-refractivity contribution in [3.63, 3.8) is 0 Å². The summed E-state index contributed by atoms with van der Waals surface area (Å²) in [6.45, 7) is 7.84. The van der Waals surface area contributed by atoms with Crippen molar-refractivity contribution in [3.8, 4) is 0 Å². The summed E-state index contributed by atoms with van der Waals surface area (Å²) in [6.07, 6.45) is 1.64. The first-order valence-electron chi connectivity index (χ1n) is 9.04. The van der Waals surface area contributed by atoms with Crippen LogP contribution in [0.5, 0.6) is 0 Å². The SMILES string of the molecule is C=CCN(Cc1cccs1)C(=O)CN1C(=O)[C@@H](C)N(c2ccc(C)cc2)C1=O. The number of rotatable bonds is 7. The average Bonchev–Trinajstić information content (AvgIpc) is 3.25. The minimum absolute atomic E-state index is 0.274. The minimum Gasteiger partial charge on any atom is -0.332 e. The third-order valence-electron chi connectivity index (χ3n) is 4.68. The van der Waals surface area contributed by atoms with Crippen molar-refractivity contribution in [2.75, 3.05) is 18.0 Å². The highest BCUT2D eigenvalue weighted by Crippen LogP contribution is 2.26. The topological polar surface area (TPSA) is 60.9 Å². The molecule has 3 rings (SSSR count). The molecule has 1 aromatic carbocycles. The highest BCUT2D eigenvalue weighted by atomic mass is 32.1. The van der Waals surface area contributed by atoms with Gasteiger partial charge in [0.15, 0.2) is 0 Å². The molecule has 6 nitrogen and oxygen atoms in total. The Morgan fingerprint density at radius 1 is 1.25 bits per heavy atom. The van der Waals surface area contributed by atoms with Gasteiger partial charge in [0.1, 0.15) is 12.6 Å². The predicted molar refractivity (Wildman–Crippen MR) is 110 cm³/mol. The molecule has 1 aromatic heterocycles. The Balaban J connectivity index is 1.75. The standard InChI is InChI=1S/C21H23N3O3S/c1-4-11-22(13-18-6-5-12-28-18)19(25)14-23-20(26)16(3)24(21(23)27)17-9-7-15(2)8-10-17/h4-10,12,16H,1,11,13-14H2,2-3H3/t16-/m1/s1. The van der Waals surface area contributed by atoms with Gasteiger partial charge in [-0.15, -0.1) is 17.9 Å². The van der Waals surface area contributed by atoms with Crippen LogP contribution >= 0.6 is 11.3 Å². The van der Waals surface area contributed by atoms with Gasteiger partial charge in [0.25, 0.3) is 5.91 Å². The summed E-state index contributed by atoms with van der Waals surface area (Å²) < 4.78 is 0. The van der Waals surface area contributed by atoms with Gasteiger partial charge < -0.3 is 4.90 Å². The quantitative estimate of drug-likeness (QED) is 0.531. The van der Waals surface area contributed by atoms with Gasteiger partial charge in [0, 0.05) is 17.1 Å². The fourth-order valence-electron chi connectivity index (χ4n) is 3.15. The molecule has 1 fully saturated rings. The zero-order chi connectivity index (χ0) is 20.3. The van der Waals surface area contributed by atoms with Crippen molar-refractivity contribution in [2.45, 2.75) is 26.4 Å². The van der Waals surface area contributed by atoms with Crippen LogP contribution in [0.4, 0.5) is 10.5 Å². The lowest BCUT2D eigenvalue weighted by Gasteiger charge is -2.23. The number of anilines is 1. The van der Waals surface area contributed by atoms with E-state index in [1.54, 1.807) is 29.2 Å². The number of amides is 4. The van der Waals surface area contributed by atoms with Crippen LogP contribution in [0.25, 0.3) is 0 Å². The molecule has 1 aliphatic rings. The van der Waals surface area contributed by atoms with Gasteiger partial charge in [-0.3, -0.25) is 19.4 Å². The molecule has 0 unspecified atom stereocenters. The molecule has 0 N–H and O–H groups in total. The molecule has 1 aliphatic heterocycles. The second-order valence-electron chi connectivity index (χ2n) is 6.73. The van der Waals surface area contributed by atoms with E-state index in [2.05, 4.69) is 6.58 Å². The van der Waals surface area contributed by atoms with Crippen LogP contribution in [0.15, 0.2) is 54.4 Å². The second-order valence-corrected chi connectivity index (χ2v) is 7.76. The van der Waals surface area contributed by atoms with Crippen LogP contribution in [-0.4, -0.2) is 46.8 Å². The maximum absolute atomic E-state index is 12.9. The number of carbonyl (C=O) groups excluding carboxylic acids is 3. The summed E-state index contributed by atoms with van der Waals surface area (Å²) in [6, 6.07) is 10.2. The van der Waals surface area contributed by atoms with Gasteiger partial charge in [-0.05, 0) is 37.4 Å². The monoisotopic (exact) mass is 397 g/mol. The molecular weight excluding hydrogens is 374 g/mol. The van der Waals surface area contributed by atoms with Crippen LogP contribution in [0.3, 0.4) is 0 Å². The Labute approximate surface area is 168 Å². The lowest BCUT2D eigenvalue weighted by Crippen LogP contribution is -2.43. The van der Waals surface area contributed by atoms with E-state index in [1.165, 1.54) is 4.90 Å². The molecule has 2 heterocycles. The first-order valence-corrected chi connectivity index (χ1v) is 9.92. The molecule has 7 heteroatoms. The average molecular weight is 398 g/mol. The van der Waals surface area contributed by atoms with Crippen molar-refractivity contribution in [2.24, 2.45) is 0 Å². The van der Waals surface area contributed by atoms with E-state index in [1.807, 2.05) is 48.7 Å². The van der Waals surface area contributed by atoms with Crippen molar-refractivity contribution in [1.29, 1.82) is 0 Å². The fraction of sp³-hybridized carbons (Fsp3) is 0.286. The third kappa shape index (κ3) is 3.99. The van der Waals surface area contributed by atoms with Crippen molar-refractivity contribution in [1.82, 2.24) is 9.80 Å². The van der Waals surface area contributed by atoms with E-state index >= 15 is 0 Å². The van der Waals surface area contributed by atoms with Gasteiger partial charge in [-0.2, -0.15) is 0 Å². The molecule has 1 atom stereocenters. The van der Waals surface area contributed by atoms with Gasteiger partial charge in [0.2, 0.25) is 5.91 Å². The number of thiophene rings is 1. The van der Waals surface area contributed by atoms with Crippen LogP contribution in [0.1, 0.15) is 17.4 Å². The number of imide groups is 1. The van der Waals surface area contributed by atoms with Gasteiger partial charge in [-0.25, -0.2) is 4.79 Å². The van der Waals surface area contributed by atoms with Gasteiger partial charge in [0.05, 0.1) is 6.54 Å². The van der Waals surface area contributed by atoms with Crippen LogP contribution in [-0.2, 0) is 16.1 Å². The Morgan fingerprint density at radius 3 is 2.57 bits per heavy atom. The van der Waals surface area contributed by atoms with E-state index < -0.39 is 12.1 Å². The lowest BCUT2D eigenvalue weighted by molar-refractivity contribution is -0.137. The maximum Gasteiger partial charge on any atom is 0.332 e. The molecule has 0 bridgehead atoms. The first kappa shape index (κ1) is 19.8. The van der Waals surface area contributed by atoms with E-state index in [0.717, 1.165) is 15.3 Å². The number of hydrogen-bond donors (Lipinski definition) is 0. The highest BCUT2D eigenvalue weighted by Gasteiger charge is 2.44. The predicted octanol–water partition coefficient (Wildman–Crippen LogP) is 3.43. The number of aryl methyl sites for hydroxylation is 1. The summed E-state index contributed by atoms with van der Waals surface area (Å²) in [4.78, 5) is 43.5. The zero-order valence-corrected chi connectivity index (χ0v) is 16.8. The summed E-state index contributed by atoms with van der Waals surface area (Å²) in [5.41, 5.74) is 1.71. The number of nitrogens with zero attached hydrogens (tertiary/aromatic N) is 3. The molecule has 1 saturated heterocycles.